The molecule has 0 aliphatic heterocycles. The summed E-state index contributed by atoms with van der Waals surface area (Å²) in [6.07, 6.45) is 1.45. The molecule has 0 saturated carbocycles. The summed E-state index contributed by atoms with van der Waals surface area (Å²) >= 11 is 20.2. The second-order valence-electron chi connectivity index (χ2n) is 23.9. The van der Waals surface area contributed by atoms with Crippen molar-refractivity contribution in [2.75, 3.05) is 28.4 Å². The first-order valence-corrected chi connectivity index (χ1v) is 39.3. The quantitative estimate of drug-likeness (QED) is 0.124. The molecule has 19 aromatic rings. The fourth-order valence-corrected chi connectivity index (χ4v) is 18.6. The average molecular weight is 1770 g/mol. The van der Waals surface area contributed by atoms with Crippen LogP contribution in [-0.4, -0.2) is 74.4 Å². The van der Waals surface area contributed by atoms with E-state index in [9.17, 15) is 4.79 Å². The summed E-state index contributed by atoms with van der Waals surface area (Å²) in [4.78, 5) is 41.2. The van der Waals surface area contributed by atoms with Crippen molar-refractivity contribution < 1.29 is 49.0 Å². The molecule has 1 atom stereocenters. The van der Waals surface area contributed by atoms with Crippen LogP contribution in [0.5, 0.6) is 23.0 Å². The van der Waals surface area contributed by atoms with Gasteiger partial charge < -0.3 is 24.1 Å². The molecule has 19 rings (SSSR count). The van der Waals surface area contributed by atoms with Crippen LogP contribution in [0.15, 0.2) is 205 Å². The summed E-state index contributed by atoms with van der Waals surface area (Å²) in [6.45, 7) is 14.2. The zero-order chi connectivity index (χ0) is 73.6. The van der Waals surface area contributed by atoms with E-state index in [1.165, 1.54) is 63.4 Å². The normalized spacial score (nSPS) is 11.2. The molecule has 12 aromatic carbocycles. The minimum atomic E-state index is -0.990. The maximum Gasteiger partial charge on any atom is 0.354 e. The Morgan fingerprint density at radius 3 is 1.27 bits per heavy atom. The predicted octanol–water partition coefficient (Wildman–Crippen LogP) is 25.2. The number of hydrogen-bond acceptors (Lipinski definition) is 18. The summed E-state index contributed by atoms with van der Waals surface area (Å²) in [6, 6.07) is 68.0. The number of aromatic nitrogens is 7. The number of hydrogen-bond donors (Lipinski definition) is 1. The largest absolute Gasteiger partial charge is 0.506 e. The molecule has 106 heavy (non-hydrogen) atoms. The number of methoxy groups -OCH3 is 4. The van der Waals surface area contributed by atoms with Crippen LogP contribution < -0.4 is 18.9 Å². The number of aromatic carboxylic acids is 1. The molecular formula is C84H68BrClIrN7O6S6-. The molecule has 0 aliphatic rings. The molecule has 22 heteroatoms. The molecule has 0 bridgehead atoms. The van der Waals surface area contributed by atoms with E-state index in [-0.39, 0.29) is 31.2 Å². The Morgan fingerprint density at radius 1 is 0.415 bits per heavy atom. The van der Waals surface area contributed by atoms with Gasteiger partial charge in [-0.05, 0) is 95.1 Å². The number of carbonyl (C=O) groups is 1. The van der Waals surface area contributed by atoms with Gasteiger partial charge in [0.25, 0.3) is 0 Å². The van der Waals surface area contributed by atoms with Gasteiger partial charge in [-0.2, -0.15) is 0 Å². The number of nitrogens with zero attached hydrogens (tertiary/aromatic N) is 7. The zero-order valence-electron chi connectivity index (χ0n) is 59.3. The Kier molecular flexibility index (Phi) is 24.6. The molecule has 0 fully saturated rings. The number of benzene rings is 12. The van der Waals surface area contributed by atoms with Gasteiger partial charge in [-0.25, -0.2) is 34.7 Å². The van der Waals surface area contributed by atoms with E-state index in [0.29, 0.717) is 0 Å². The molecular weight excluding hydrogens is 1700 g/mol. The fourth-order valence-electron chi connectivity index (χ4n) is 12.5. The van der Waals surface area contributed by atoms with Crippen molar-refractivity contribution in [1.29, 1.82) is 0 Å². The molecule has 13 nitrogen and oxygen atoms in total. The monoisotopic (exact) mass is 1770 g/mol. The third-order valence-electron chi connectivity index (χ3n) is 17.0. The van der Waals surface area contributed by atoms with Crippen molar-refractivity contribution >= 4 is 227 Å². The van der Waals surface area contributed by atoms with Crippen LogP contribution in [0.25, 0.3) is 126 Å². The predicted molar refractivity (Wildman–Crippen MR) is 449 cm³/mol. The molecule has 0 spiro atoms. The van der Waals surface area contributed by atoms with Crippen molar-refractivity contribution in [3.05, 3.63) is 252 Å². The molecule has 0 aliphatic carbocycles. The number of alkyl halides is 1. The number of carboxylic acid groups (broad SMARTS) is 1. The topological polar surface area (TPSA) is 164 Å². The van der Waals surface area contributed by atoms with Crippen molar-refractivity contribution in [3.8, 4) is 23.0 Å². The Hall–Kier alpha value is -9.22. The third kappa shape index (κ3) is 16.5. The van der Waals surface area contributed by atoms with Gasteiger partial charge in [0.2, 0.25) is 0 Å². The van der Waals surface area contributed by atoms with Crippen LogP contribution >= 0.6 is 95.6 Å². The maximum atomic E-state index is 10.1. The fraction of sp³-hybridized carbons (Fsp3) is 0.143. The van der Waals surface area contributed by atoms with Crippen LogP contribution in [0.2, 0.25) is 0 Å². The third-order valence-corrected chi connectivity index (χ3v) is 23.4. The van der Waals surface area contributed by atoms with Crippen LogP contribution in [0.3, 0.4) is 0 Å². The first-order chi connectivity index (χ1) is 50.9. The Bertz CT molecular complexity index is 6110. The number of fused-ring (bicyclic) bond motifs is 18. The van der Waals surface area contributed by atoms with Crippen molar-refractivity contribution in [2.45, 2.75) is 53.8 Å². The molecule has 7 aromatic heterocycles. The van der Waals surface area contributed by atoms with Crippen LogP contribution in [0, 0.1) is 47.6 Å². The zero-order valence-corrected chi connectivity index (χ0v) is 68.9. The molecule has 1 unspecified atom stereocenters. The number of halogens is 2. The molecule has 0 amide bonds. The summed E-state index contributed by atoms with van der Waals surface area (Å²) < 4.78 is 30.1. The van der Waals surface area contributed by atoms with Crippen molar-refractivity contribution in [3.63, 3.8) is 0 Å². The number of thiazole rings is 6. The van der Waals surface area contributed by atoms with E-state index < -0.39 is 5.97 Å². The summed E-state index contributed by atoms with van der Waals surface area (Å²) in [5.74, 6) is 2.63. The van der Waals surface area contributed by atoms with E-state index in [0.717, 1.165) is 138 Å². The minimum Gasteiger partial charge on any atom is -0.506 e. The second-order valence-corrected chi connectivity index (χ2v) is 32.9. The maximum absolute atomic E-state index is 10.1. The van der Waals surface area contributed by atoms with Gasteiger partial charge in [0.1, 0.15) is 22.9 Å². The molecule has 0 saturated heterocycles. The van der Waals surface area contributed by atoms with E-state index in [1.807, 2.05) is 90.1 Å². The Morgan fingerprint density at radius 2 is 0.792 bits per heavy atom. The second kappa shape index (κ2) is 34.1. The number of carboxylic acids is 1. The van der Waals surface area contributed by atoms with E-state index in [1.54, 1.807) is 109 Å². The van der Waals surface area contributed by atoms with E-state index in [4.69, 9.17) is 35.7 Å². The van der Waals surface area contributed by atoms with Crippen LogP contribution in [-0.2, 0) is 20.1 Å². The van der Waals surface area contributed by atoms with Gasteiger partial charge in [0.15, 0.2) is 0 Å². The van der Waals surface area contributed by atoms with Gasteiger partial charge >= 0.3 is 5.97 Å². The van der Waals surface area contributed by atoms with E-state index in [2.05, 4.69) is 191 Å². The van der Waals surface area contributed by atoms with E-state index >= 15 is 0 Å². The molecule has 7 heterocycles. The SMILES string of the molecule is COc1cc2sc(C)nc2c2[c-]cccc12.COc1cc2sc(C)nc2c2c(C(C)Cl)cccc12.COc1cc2sc(C)nc2c2ccccc12.COc1cc2sc(C)nc2c2ccccc12.Cc1nc2c(cc(Br)c3ccccc32)s1.Cc1nc2c(ccc3ccccc32)s1.O=C(O)c1ccccn1.[Ir]. The van der Waals surface area contributed by atoms with Crippen molar-refractivity contribution in [2.24, 2.45) is 0 Å². The number of pyridine rings is 1. The van der Waals surface area contributed by atoms with Gasteiger partial charge in [-0.3, -0.25) is 4.98 Å². The van der Waals surface area contributed by atoms with Gasteiger partial charge in [0.05, 0.1) is 121 Å². The van der Waals surface area contributed by atoms with Gasteiger partial charge in [0, 0.05) is 102 Å². The summed E-state index contributed by atoms with van der Waals surface area (Å²) in [7, 11) is 6.82. The molecule has 535 valence electrons. The van der Waals surface area contributed by atoms with Crippen LogP contribution in [0.1, 0.15) is 58.4 Å². The first-order valence-electron chi connectivity index (χ1n) is 33.1. The summed E-state index contributed by atoms with van der Waals surface area (Å²) in [5.41, 5.74) is 7.67. The number of rotatable bonds is 6. The Balaban J connectivity index is 0.000000117. The molecule has 1 radical (unpaired) electrons. The number of aryl methyl sites for hydroxylation is 6. The molecule has 1 N–H and O–H groups in total. The summed E-state index contributed by atoms with van der Waals surface area (Å²) in [5, 5.41) is 28.7. The minimum absolute atomic E-state index is 0. The smallest absolute Gasteiger partial charge is 0.354 e. The average Bonchev–Trinajstić information content (AvgIpc) is 1.49. The van der Waals surface area contributed by atoms with Gasteiger partial charge in [-0.15, -0.1) is 109 Å². The van der Waals surface area contributed by atoms with Crippen LogP contribution in [0.4, 0.5) is 0 Å². The van der Waals surface area contributed by atoms with Crippen molar-refractivity contribution in [1.82, 2.24) is 34.9 Å². The standard InChI is InChI=1S/C15H14ClNOS.2C13H11NOS.C13H10NOS.C12H8BrNS.C12H9NS.C6H5NO2.Ir/c1-8(16)10-5-4-6-11-12(18-3)7-13-15(14(10)11)17-9(2)19-13;3*1-8-14-13-10-6-4-3-5-9(10)11(15-2)7-12(13)16-8;1-7-14-12-9-5-3-2-4-8(9)10(13)6-11(12)15-7;1-8-13-12-10-5-3-2-4-9(10)6-7-11(12)14-8;8-6(9)5-3-1-2-4-7-5;/h4-8H,1-3H3;2*3-7H,1-2H3;3-5,7H,1-2H3;2-6H,1H3;2-7H,1H3;1-4H,(H,8,9);/q;;;-1;;;;. The number of ether oxygens (including phenoxy) is 4. The Labute approximate surface area is 662 Å². The van der Waals surface area contributed by atoms with Gasteiger partial charge in [-0.1, -0.05) is 149 Å². The first kappa shape index (κ1) is 76.4.